The highest BCUT2D eigenvalue weighted by molar-refractivity contribution is 5.76. The molecule has 0 spiro atoms. The van der Waals surface area contributed by atoms with Crippen LogP contribution in [-0.4, -0.2) is 44.6 Å². The van der Waals surface area contributed by atoms with Crippen molar-refractivity contribution in [3.05, 3.63) is 77.5 Å². The maximum Gasteiger partial charge on any atom is 0.410 e. The zero-order chi connectivity index (χ0) is 26.0. The summed E-state index contributed by atoms with van der Waals surface area (Å²) in [6.45, 7) is 9.67. The number of hydrogen-bond acceptors (Lipinski definition) is 5. The predicted molar refractivity (Wildman–Crippen MR) is 145 cm³/mol. The number of imidazole rings is 1. The molecule has 0 atom stereocenters. The van der Waals surface area contributed by atoms with Crippen molar-refractivity contribution in [1.29, 1.82) is 0 Å². The van der Waals surface area contributed by atoms with Crippen LogP contribution in [-0.2, 0) is 11.3 Å². The van der Waals surface area contributed by atoms with E-state index in [0.717, 1.165) is 41.1 Å². The van der Waals surface area contributed by atoms with Crippen LogP contribution in [0.25, 0.3) is 22.6 Å². The summed E-state index contributed by atoms with van der Waals surface area (Å²) in [4.78, 5) is 26.9. The Balaban J connectivity index is 1.22. The maximum atomic E-state index is 12.4. The van der Waals surface area contributed by atoms with E-state index in [1.54, 1.807) is 4.90 Å². The number of likely N-dealkylation sites (tertiary alicyclic amines) is 1. The minimum Gasteiger partial charge on any atom is -0.489 e. The van der Waals surface area contributed by atoms with Gasteiger partial charge in [0.2, 0.25) is 0 Å². The van der Waals surface area contributed by atoms with Crippen LogP contribution in [0.3, 0.4) is 0 Å². The molecule has 5 rings (SSSR count). The molecule has 1 fully saturated rings. The summed E-state index contributed by atoms with van der Waals surface area (Å²) in [6, 6.07) is 18.5. The summed E-state index contributed by atoms with van der Waals surface area (Å²) in [7, 11) is 0. The molecular formula is C30H34N4O3. The predicted octanol–water partition coefficient (Wildman–Crippen LogP) is 6.63. The standard InChI is InChI=1S/C30H34N4O3/c1-20-5-7-21(8-6-20)19-36-25-11-9-23(10-12-25)27-32-26-17-24(18-31-28(26)33-27)22-13-15-34(16-14-22)29(35)37-30(2,3)4/h5-12,17-18,22H,13-16,19H2,1-4H3,(H,31,32,33). The quantitative estimate of drug-likeness (QED) is 0.334. The number of aryl methyl sites for hydroxylation is 1. The number of aromatic amines is 1. The number of carbonyl (C=O) groups excluding carboxylic acids is 1. The van der Waals surface area contributed by atoms with Gasteiger partial charge in [-0.2, -0.15) is 0 Å². The van der Waals surface area contributed by atoms with E-state index in [9.17, 15) is 4.79 Å². The Morgan fingerprint density at radius 2 is 1.76 bits per heavy atom. The summed E-state index contributed by atoms with van der Waals surface area (Å²) in [5.41, 5.74) is 5.68. The van der Waals surface area contributed by atoms with Crippen LogP contribution in [0.4, 0.5) is 4.79 Å². The van der Waals surface area contributed by atoms with Crippen molar-refractivity contribution >= 4 is 17.3 Å². The number of fused-ring (bicyclic) bond motifs is 1. The minimum absolute atomic E-state index is 0.232. The summed E-state index contributed by atoms with van der Waals surface area (Å²) in [5.74, 6) is 1.95. The highest BCUT2D eigenvalue weighted by Crippen LogP contribution is 2.30. The SMILES string of the molecule is Cc1ccc(COc2ccc(-c3nc4ncc(C5CCN(C(=O)OC(C)(C)C)CC5)cc4[nH]3)cc2)cc1. The molecule has 7 nitrogen and oxygen atoms in total. The molecule has 1 N–H and O–H groups in total. The average Bonchev–Trinajstić information content (AvgIpc) is 3.31. The Hall–Kier alpha value is -3.87. The largest absolute Gasteiger partial charge is 0.489 e. The summed E-state index contributed by atoms with van der Waals surface area (Å²) >= 11 is 0. The van der Waals surface area contributed by atoms with Gasteiger partial charge in [-0.25, -0.2) is 14.8 Å². The molecule has 2 aromatic heterocycles. The fraction of sp³-hybridized carbons (Fsp3) is 0.367. The lowest BCUT2D eigenvalue weighted by atomic mass is 9.90. The Morgan fingerprint density at radius 1 is 1.05 bits per heavy atom. The summed E-state index contributed by atoms with van der Waals surface area (Å²) in [6.07, 6.45) is 3.46. The van der Waals surface area contributed by atoms with Crippen molar-refractivity contribution in [1.82, 2.24) is 19.9 Å². The van der Waals surface area contributed by atoms with Crippen LogP contribution in [0.1, 0.15) is 56.2 Å². The van der Waals surface area contributed by atoms with Gasteiger partial charge in [-0.1, -0.05) is 29.8 Å². The maximum absolute atomic E-state index is 12.4. The van der Waals surface area contributed by atoms with E-state index < -0.39 is 5.60 Å². The van der Waals surface area contributed by atoms with Crippen LogP contribution < -0.4 is 4.74 Å². The number of aromatic nitrogens is 3. The molecule has 1 aliphatic heterocycles. The van der Waals surface area contributed by atoms with Crippen molar-refractivity contribution in [2.45, 2.75) is 58.7 Å². The molecule has 7 heteroatoms. The average molecular weight is 499 g/mol. The van der Waals surface area contributed by atoms with Gasteiger partial charge in [0.15, 0.2) is 5.65 Å². The number of benzene rings is 2. The molecule has 0 saturated carbocycles. The van der Waals surface area contributed by atoms with Gasteiger partial charge in [0.1, 0.15) is 23.8 Å². The van der Waals surface area contributed by atoms with Crippen LogP contribution in [0, 0.1) is 6.92 Å². The van der Waals surface area contributed by atoms with Gasteiger partial charge >= 0.3 is 6.09 Å². The molecule has 37 heavy (non-hydrogen) atoms. The normalized spacial score (nSPS) is 14.6. The molecule has 1 amide bonds. The van der Waals surface area contributed by atoms with Crippen molar-refractivity contribution in [3.8, 4) is 17.1 Å². The lowest BCUT2D eigenvalue weighted by Crippen LogP contribution is -2.41. The smallest absolute Gasteiger partial charge is 0.410 e. The van der Waals surface area contributed by atoms with Gasteiger partial charge in [-0.15, -0.1) is 0 Å². The van der Waals surface area contributed by atoms with Gasteiger partial charge in [-0.05, 0) is 87.9 Å². The third kappa shape index (κ3) is 6.10. The van der Waals surface area contributed by atoms with E-state index >= 15 is 0 Å². The third-order valence-corrected chi connectivity index (χ3v) is 6.63. The summed E-state index contributed by atoms with van der Waals surface area (Å²) in [5, 5.41) is 0. The lowest BCUT2D eigenvalue weighted by molar-refractivity contribution is 0.0205. The number of ether oxygens (including phenoxy) is 2. The van der Waals surface area contributed by atoms with Crippen LogP contribution in [0.2, 0.25) is 0 Å². The monoisotopic (exact) mass is 498 g/mol. The number of nitrogens with one attached hydrogen (secondary N) is 1. The molecule has 4 aromatic rings. The number of nitrogens with zero attached hydrogens (tertiary/aromatic N) is 3. The Labute approximate surface area is 217 Å². The van der Waals surface area contributed by atoms with Crippen LogP contribution in [0.15, 0.2) is 60.8 Å². The number of carbonyl (C=O) groups is 1. The van der Waals surface area contributed by atoms with Gasteiger partial charge in [0.05, 0.1) is 5.52 Å². The molecule has 0 bridgehead atoms. The lowest BCUT2D eigenvalue weighted by Gasteiger charge is -2.33. The fourth-order valence-corrected chi connectivity index (χ4v) is 4.56. The topological polar surface area (TPSA) is 80.3 Å². The molecule has 0 aliphatic carbocycles. The molecular weight excluding hydrogens is 464 g/mol. The van der Waals surface area contributed by atoms with Gasteiger partial charge in [-0.3, -0.25) is 0 Å². The minimum atomic E-state index is -0.476. The molecule has 192 valence electrons. The Morgan fingerprint density at radius 3 is 2.43 bits per heavy atom. The molecule has 2 aromatic carbocycles. The first kappa shape index (κ1) is 24.8. The number of pyridine rings is 1. The second-order valence-electron chi connectivity index (χ2n) is 10.8. The van der Waals surface area contributed by atoms with Crippen molar-refractivity contribution < 1.29 is 14.3 Å². The number of rotatable bonds is 5. The van der Waals surface area contributed by atoms with Crippen molar-refractivity contribution in [2.24, 2.45) is 0 Å². The van der Waals surface area contributed by atoms with E-state index in [-0.39, 0.29) is 6.09 Å². The van der Waals surface area contributed by atoms with Crippen LogP contribution >= 0.6 is 0 Å². The zero-order valence-electron chi connectivity index (χ0n) is 22.0. The second kappa shape index (κ2) is 10.2. The van der Waals surface area contributed by atoms with Crippen molar-refractivity contribution in [3.63, 3.8) is 0 Å². The highest BCUT2D eigenvalue weighted by Gasteiger charge is 2.27. The number of amides is 1. The highest BCUT2D eigenvalue weighted by atomic mass is 16.6. The Bertz CT molecular complexity index is 1360. The van der Waals surface area contributed by atoms with E-state index in [1.807, 2.05) is 51.2 Å². The molecule has 0 radical (unpaired) electrons. The second-order valence-corrected chi connectivity index (χ2v) is 10.8. The first-order chi connectivity index (χ1) is 17.7. The van der Waals surface area contributed by atoms with E-state index in [0.29, 0.717) is 31.3 Å². The van der Waals surface area contributed by atoms with E-state index in [2.05, 4.69) is 47.2 Å². The van der Waals surface area contributed by atoms with Crippen molar-refractivity contribution in [2.75, 3.05) is 13.1 Å². The molecule has 3 heterocycles. The van der Waals surface area contributed by atoms with E-state index in [4.69, 9.17) is 14.5 Å². The third-order valence-electron chi connectivity index (χ3n) is 6.63. The fourth-order valence-electron chi connectivity index (χ4n) is 4.56. The number of hydrogen-bond donors (Lipinski definition) is 1. The first-order valence-electron chi connectivity index (χ1n) is 12.9. The first-order valence-corrected chi connectivity index (χ1v) is 12.9. The van der Waals surface area contributed by atoms with Gasteiger partial charge in [0, 0.05) is 24.8 Å². The molecule has 1 saturated heterocycles. The number of H-pyrrole nitrogens is 1. The molecule has 1 aliphatic rings. The van der Waals surface area contributed by atoms with E-state index in [1.165, 1.54) is 11.1 Å². The van der Waals surface area contributed by atoms with Gasteiger partial charge < -0.3 is 19.4 Å². The van der Waals surface area contributed by atoms with Crippen LogP contribution in [0.5, 0.6) is 5.75 Å². The molecule has 0 unspecified atom stereocenters. The van der Waals surface area contributed by atoms with Gasteiger partial charge in [0.25, 0.3) is 0 Å². The summed E-state index contributed by atoms with van der Waals surface area (Å²) < 4.78 is 11.5. The zero-order valence-corrected chi connectivity index (χ0v) is 22.0. The Kier molecular flexibility index (Phi) is 6.87. The number of piperidine rings is 1.